The topological polar surface area (TPSA) is 99.8 Å². The van der Waals surface area contributed by atoms with Gasteiger partial charge in [-0.15, -0.1) is 0 Å². The average molecular weight is 500 g/mol. The van der Waals surface area contributed by atoms with E-state index in [4.69, 9.17) is 0 Å². The minimum atomic E-state index is -0.383. The van der Waals surface area contributed by atoms with Crippen LogP contribution in [0.15, 0.2) is 60.7 Å². The van der Waals surface area contributed by atoms with Gasteiger partial charge in [0.2, 0.25) is 5.91 Å². The molecule has 0 unspecified atom stereocenters. The van der Waals surface area contributed by atoms with Crippen molar-refractivity contribution in [2.45, 2.75) is 25.8 Å². The molecule has 1 atom stereocenters. The molecule has 0 spiro atoms. The molecule has 1 saturated carbocycles. The van der Waals surface area contributed by atoms with Crippen LogP contribution in [0.3, 0.4) is 0 Å². The fourth-order valence-electron chi connectivity index (χ4n) is 4.20. The van der Waals surface area contributed by atoms with E-state index >= 15 is 0 Å². The van der Waals surface area contributed by atoms with Crippen molar-refractivity contribution in [1.29, 1.82) is 0 Å². The highest BCUT2D eigenvalue weighted by Gasteiger charge is 2.30. The molecule has 0 bridgehead atoms. The molecule has 1 aliphatic carbocycles. The Morgan fingerprint density at radius 1 is 1.08 bits per heavy atom. The molecule has 5 aromatic rings. The lowest BCUT2D eigenvalue weighted by Gasteiger charge is -2.13. The molecule has 3 N–H and O–H groups in total. The first-order chi connectivity index (χ1) is 17.4. The van der Waals surface area contributed by atoms with Crippen LogP contribution in [0.5, 0.6) is 0 Å². The summed E-state index contributed by atoms with van der Waals surface area (Å²) in [6.45, 7) is 1.80. The largest absolute Gasteiger partial charge is 0.344 e. The quantitative estimate of drug-likeness (QED) is 0.274. The van der Waals surface area contributed by atoms with Crippen LogP contribution < -0.4 is 10.6 Å². The molecule has 0 radical (unpaired) electrons. The third kappa shape index (κ3) is 4.33. The predicted molar refractivity (Wildman–Crippen MR) is 138 cm³/mol. The molecule has 2 heterocycles. The van der Waals surface area contributed by atoms with E-state index in [0.717, 1.165) is 39.7 Å². The van der Waals surface area contributed by atoms with Gasteiger partial charge in [-0.1, -0.05) is 35.6 Å². The number of halogens is 1. The smallest absolute Gasteiger partial charge is 0.272 e. The number of rotatable bonds is 6. The molecule has 36 heavy (non-hydrogen) atoms. The van der Waals surface area contributed by atoms with Crippen LogP contribution in [0.4, 0.5) is 9.52 Å². The molecule has 2 aromatic heterocycles. The van der Waals surface area contributed by atoms with Crippen LogP contribution in [0.2, 0.25) is 0 Å². The van der Waals surface area contributed by atoms with Gasteiger partial charge in [-0.2, -0.15) is 5.10 Å². The molecule has 7 nitrogen and oxygen atoms in total. The summed E-state index contributed by atoms with van der Waals surface area (Å²) in [4.78, 5) is 29.6. The first kappa shape index (κ1) is 22.4. The van der Waals surface area contributed by atoms with E-state index in [2.05, 4.69) is 25.8 Å². The molecular formula is C27H22FN5O2S. The predicted octanol–water partition coefficient (Wildman–Crippen LogP) is 5.82. The van der Waals surface area contributed by atoms with Crippen LogP contribution in [0, 0.1) is 11.7 Å². The zero-order chi connectivity index (χ0) is 24.8. The summed E-state index contributed by atoms with van der Waals surface area (Å²) in [5.74, 6) is -0.530. The Balaban J connectivity index is 1.27. The Hall–Kier alpha value is -4.11. The van der Waals surface area contributed by atoms with Gasteiger partial charge in [0, 0.05) is 11.3 Å². The van der Waals surface area contributed by atoms with Crippen LogP contribution in [-0.2, 0) is 4.79 Å². The summed E-state index contributed by atoms with van der Waals surface area (Å²) in [5, 5.41) is 14.3. The molecule has 2 amide bonds. The highest BCUT2D eigenvalue weighted by molar-refractivity contribution is 7.22. The van der Waals surface area contributed by atoms with E-state index in [0.29, 0.717) is 16.1 Å². The molecule has 180 valence electrons. The number of aromatic nitrogens is 3. The highest BCUT2D eigenvalue weighted by Crippen LogP contribution is 2.34. The van der Waals surface area contributed by atoms with Gasteiger partial charge in [-0.25, -0.2) is 9.37 Å². The van der Waals surface area contributed by atoms with Crippen molar-refractivity contribution < 1.29 is 14.0 Å². The van der Waals surface area contributed by atoms with Crippen molar-refractivity contribution in [3.8, 4) is 11.1 Å². The Kier molecular flexibility index (Phi) is 5.49. The number of amides is 2. The number of nitrogens with zero attached hydrogens (tertiary/aromatic N) is 2. The second kappa shape index (κ2) is 8.83. The summed E-state index contributed by atoms with van der Waals surface area (Å²) >= 11 is 1.45. The first-order valence-corrected chi connectivity index (χ1v) is 12.5. The van der Waals surface area contributed by atoms with E-state index in [-0.39, 0.29) is 35.3 Å². The second-order valence-corrected chi connectivity index (χ2v) is 10.1. The number of thiazole rings is 1. The molecular weight excluding hydrogens is 477 g/mol. The standard InChI is InChI=1S/C27H22FN5O2S/c1-14(16-3-2-4-19(28)11-16)29-26(35)24-20-12-17(7-9-21(20)32-33-24)18-8-10-22-23(13-18)36-27(30-22)31-25(34)15-5-6-15/h2-4,7-15H,5-6H2,1H3,(H,29,35)(H,32,33)(H,30,31,34)/t14-/m0/s1. The second-order valence-electron chi connectivity index (χ2n) is 9.05. The Bertz CT molecular complexity index is 1640. The summed E-state index contributed by atoms with van der Waals surface area (Å²) in [6, 6.07) is 17.5. The lowest BCUT2D eigenvalue weighted by atomic mass is 10.0. The van der Waals surface area contributed by atoms with Crippen molar-refractivity contribution >= 4 is 49.4 Å². The maximum atomic E-state index is 13.6. The molecule has 6 rings (SSSR count). The number of benzene rings is 3. The maximum absolute atomic E-state index is 13.6. The van der Waals surface area contributed by atoms with Crippen molar-refractivity contribution in [3.05, 3.63) is 77.7 Å². The van der Waals surface area contributed by atoms with Gasteiger partial charge in [0.25, 0.3) is 5.91 Å². The minimum absolute atomic E-state index is 0.0391. The Morgan fingerprint density at radius 3 is 2.69 bits per heavy atom. The lowest BCUT2D eigenvalue weighted by Crippen LogP contribution is -2.27. The minimum Gasteiger partial charge on any atom is -0.344 e. The van der Waals surface area contributed by atoms with Crippen LogP contribution >= 0.6 is 11.3 Å². The molecule has 3 aromatic carbocycles. The number of hydrogen-bond acceptors (Lipinski definition) is 5. The fraction of sp³-hybridized carbons (Fsp3) is 0.185. The lowest BCUT2D eigenvalue weighted by molar-refractivity contribution is -0.117. The van der Waals surface area contributed by atoms with E-state index in [1.807, 2.05) is 36.4 Å². The summed E-state index contributed by atoms with van der Waals surface area (Å²) < 4.78 is 14.6. The number of carbonyl (C=O) groups is 2. The summed E-state index contributed by atoms with van der Waals surface area (Å²) in [7, 11) is 0. The van der Waals surface area contributed by atoms with Crippen LogP contribution in [-0.4, -0.2) is 27.0 Å². The number of nitrogens with one attached hydrogen (secondary N) is 3. The number of fused-ring (bicyclic) bond motifs is 2. The fourth-order valence-corrected chi connectivity index (χ4v) is 5.11. The molecule has 0 saturated heterocycles. The summed E-state index contributed by atoms with van der Waals surface area (Å²) in [6.07, 6.45) is 1.89. The van der Waals surface area contributed by atoms with Gasteiger partial charge >= 0.3 is 0 Å². The van der Waals surface area contributed by atoms with Gasteiger partial charge < -0.3 is 10.6 Å². The van der Waals surface area contributed by atoms with Gasteiger partial charge in [-0.3, -0.25) is 14.7 Å². The van der Waals surface area contributed by atoms with Crippen LogP contribution in [0.25, 0.3) is 32.2 Å². The monoisotopic (exact) mass is 499 g/mol. The van der Waals surface area contributed by atoms with Crippen LogP contribution in [0.1, 0.15) is 41.9 Å². The third-order valence-corrected chi connectivity index (χ3v) is 7.31. The molecule has 0 aliphatic heterocycles. The van der Waals surface area contributed by atoms with E-state index < -0.39 is 0 Å². The van der Waals surface area contributed by atoms with Gasteiger partial charge in [0.1, 0.15) is 5.82 Å². The molecule has 9 heteroatoms. The Morgan fingerprint density at radius 2 is 1.89 bits per heavy atom. The zero-order valence-electron chi connectivity index (χ0n) is 19.3. The SMILES string of the molecule is C[C@H](NC(=O)c1n[nH]c2ccc(-c3ccc4nc(NC(=O)C5CC5)sc4c3)cc12)c1cccc(F)c1. The third-order valence-electron chi connectivity index (χ3n) is 6.37. The van der Waals surface area contributed by atoms with Gasteiger partial charge in [0.15, 0.2) is 10.8 Å². The highest BCUT2D eigenvalue weighted by atomic mass is 32.1. The van der Waals surface area contributed by atoms with Gasteiger partial charge in [-0.05, 0) is 72.9 Å². The number of anilines is 1. The molecule has 1 aliphatic rings. The zero-order valence-corrected chi connectivity index (χ0v) is 20.2. The van der Waals surface area contributed by atoms with Gasteiger partial charge in [0.05, 0.1) is 21.8 Å². The first-order valence-electron chi connectivity index (χ1n) is 11.7. The number of carbonyl (C=O) groups excluding carboxylic acids is 2. The summed E-state index contributed by atoms with van der Waals surface area (Å²) in [5.41, 5.74) is 4.41. The van der Waals surface area contributed by atoms with Crippen molar-refractivity contribution in [2.24, 2.45) is 5.92 Å². The molecule has 1 fully saturated rings. The average Bonchev–Trinajstić information content (AvgIpc) is 3.52. The normalized spacial score (nSPS) is 14.2. The van der Waals surface area contributed by atoms with E-state index in [1.165, 1.54) is 23.5 Å². The van der Waals surface area contributed by atoms with Crippen molar-refractivity contribution in [3.63, 3.8) is 0 Å². The number of hydrogen-bond donors (Lipinski definition) is 3. The van der Waals surface area contributed by atoms with Crippen molar-refractivity contribution in [1.82, 2.24) is 20.5 Å². The van der Waals surface area contributed by atoms with E-state index in [1.54, 1.807) is 19.1 Å². The van der Waals surface area contributed by atoms with E-state index in [9.17, 15) is 14.0 Å². The maximum Gasteiger partial charge on any atom is 0.272 e. The Labute approximate surface area is 209 Å². The number of aromatic amines is 1. The van der Waals surface area contributed by atoms with Crippen molar-refractivity contribution in [2.75, 3.05) is 5.32 Å². The number of H-pyrrole nitrogens is 1.